The second-order valence-corrected chi connectivity index (χ2v) is 6.46. The van der Waals surface area contributed by atoms with Gasteiger partial charge in [-0.25, -0.2) is 0 Å². The molecule has 0 aromatic heterocycles. The molecule has 0 heterocycles. The molecule has 20 heavy (non-hydrogen) atoms. The molecule has 0 bridgehead atoms. The third-order valence-corrected chi connectivity index (χ3v) is 4.08. The van der Waals surface area contributed by atoms with Gasteiger partial charge < -0.3 is 0 Å². The van der Waals surface area contributed by atoms with Crippen molar-refractivity contribution in [1.29, 1.82) is 0 Å². The van der Waals surface area contributed by atoms with Crippen LogP contribution in [0.25, 0.3) is 10.8 Å². The Morgan fingerprint density at radius 2 is 0.950 bits per heavy atom. The van der Waals surface area contributed by atoms with Crippen molar-refractivity contribution in [3.05, 3.63) is 36.4 Å². The fraction of sp³-hybridized carbons (Fsp3) is 0. The van der Waals surface area contributed by atoms with Gasteiger partial charge in [-0.15, -0.1) is 0 Å². The predicted molar refractivity (Wildman–Crippen MR) is 77.9 cm³/mol. The Morgan fingerprint density at radius 3 is 1.20 bits per heavy atom. The van der Waals surface area contributed by atoms with E-state index in [4.69, 9.17) is 9.11 Å². The van der Waals surface area contributed by atoms with Gasteiger partial charge in [-0.05, 0) is 35.0 Å². The van der Waals surface area contributed by atoms with Gasteiger partial charge in [0.2, 0.25) is 0 Å². The SMILES string of the molecule is O=S(=O)(O)c1ccc2cc(S(=O)(=O)O)ccc2c1.[KH].[KH]. The van der Waals surface area contributed by atoms with Gasteiger partial charge in [0.15, 0.2) is 0 Å². The van der Waals surface area contributed by atoms with Gasteiger partial charge in [0.1, 0.15) is 0 Å². The number of hydrogen-bond acceptors (Lipinski definition) is 4. The van der Waals surface area contributed by atoms with E-state index in [1.165, 1.54) is 24.3 Å². The average Bonchev–Trinajstić information content (AvgIpc) is 2.25. The van der Waals surface area contributed by atoms with E-state index in [0.717, 1.165) is 12.1 Å². The molecule has 0 aliphatic heterocycles. The molecule has 0 spiro atoms. The van der Waals surface area contributed by atoms with Crippen molar-refractivity contribution in [2.75, 3.05) is 0 Å². The number of fused-ring (bicyclic) bond motifs is 1. The first kappa shape index (κ1) is 21.8. The van der Waals surface area contributed by atoms with Crippen LogP contribution in [0.1, 0.15) is 0 Å². The molecule has 0 saturated carbocycles. The molecule has 0 aliphatic rings. The fourth-order valence-electron chi connectivity index (χ4n) is 1.52. The Hall–Kier alpha value is 1.79. The molecule has 0 atom stereocenters. The molecule has 0 radical (unpaired) electrons. The van der Waals surface area contributed by atoms with Crippen LogP contribution in [0.5, 0.6) is 0 Å². The van der Waals surface area contributed by atoms with E-state index < -0.39 is 20.2 Å². The van der Waals surface area contributed by atoms with Crippen LogP contribution in [-0.2, 0) is 20.2 Å². The quantitative estimate of drug-likeness (QED) is 0.572. The van der Waals surface area contributed by atoms with Crippen LogP contribution in [0.3, 0.4) is 0 Å². The second-order valence-electron chi connectivity index (χ2n) is 3.62. The van der Waals surface area contributed by atoms with E-state index in [0.29, 0.717) is 10.8 Å². The molecule has 0 amide bonds. The summed E-state index contributed by atoms with van der Waals surface area (Å²) in [6, 6.07) is 7.38. The molecule has 0 saturated heterocycles. The first-order valence-corrected chi connectivity index (χ1v) is 7.55. The minimum absolute atomic E-state index is 0. The van der Waals surface area contributed by atoms with Gasteiger partial charge in [-0.1, -0.05) is 12.1 Å². The van der Waals surface area contributed by atoms with Crippen molar-refractivity contribution in [1.82, 2.24) is 0 Å². The Balaban J connectivity index is 0.00000180. The molecule has 0 fully saturated rings. The molecule has 2 rings (SSSR count). The van der Waals surface area contributed by atoms with E-state index in [2.05, 4.69) is 0 Å². The summed E-state index contributed by atoms with van der Waals surface area (Å²) in [6.45, 7) is 0. The fourth-order valence-corrected chi connectivity index (χ4v) is 2.55. The van der Waals surface area contributed by atoms with Crippen LogP contribution in [0.15, 0.2) is 46.2 Å². The second kappa shape index (κ2) is 8.06. The number of rotatable bonds is 2. The Morgan fingerprint density at radius 1 is 0.650 bits per heavy atom. The summed E-state index contributed by atoms with van der Waals surface area (Å²) in [5.41, 5.74) is 0. The number of benzene rings is 2. The maximum atomic E-state index is 10.9. The molecular weight excluding hydrogens is 358 g/mol. The Labute approximate surface area is 201 Å². The average molecular weight is 369 g/mol. The van der Waals surface area contributed by atoms with Crippen molar-refractivity contribution in [3.63, 3.8) is 0 Å². The molecule has 100 valence electrons. The van der Waals surface area contributed by atoms with Gasteiger partial charge >= 0.3 is 103 Å². The zero-order valence-electron chi connectivity index (χ0n) is 8.81. The molecule has 10 heteroatoms. The van der Waals surface area contributed by atoms with E-state index in [1.54, 1.807) is 0 Å². The molecule has 0 aliphatic carbocycles. The van der Waals surface area contributed by atoms with Crippen LogP contribution < -0.4 is 0 Å². The van der Waals surface area contributed by atoms with Crippen LogP contribution in [0, 0.1) is 0 Å². The van der Waals surface area contributed by atoms with Crippen molar-refractivity contribution in [3.8, 4) is 0 Å². The number of hydrogen-bond donors (Lipinski definition) is 2. The van der Waals surface area contributed by atoms with Crippen molar-refractivity contribution >= 4 is 134 Å². The van der Waals surface area contributed by atoms with E-state index >= 15 is 0 Å². The Bertz CT molecular complexity index is 759. The van der Waals surface area contributed by atoms with Gasteiger partial charge in [-0.2, -0.15) is 16.8 Å². The zero-order valence-corrected chi connectivity index (χ0v) is 10.4. The molecule has 0 unspecified atom stereocenters. The molecular formula is C10H10K2O6S2. The summed E-state index contributed by atoms with van der Waals surface area (Å²) in [6.07, 6.45) is 0. The molecule has 2 aromatic carbocycles. The summed E-state index contributed by atoms with van der Waals surface area (Å²) < 4.78 is 61.4. The monoisotopic (exact) mass is 368 g/mol. The normalized spacial score (nSPS) is 11.5. The van der Waals surface area contributed by atoms with Crippen LogP contribution in [-0.4, -0.2) is 129 Å². The van der Waals surface area contributed by atoms with Gasteiger partial charge in [0, 0.05) is 0 Å². The summed E-state index contributed by atoms with van der Waals surface area (Å²) in [5.74, 6) is 0. The van der Waals surface area contributed by atoms with Crippen LogP contribution in [0.2, 0.25) is 0 Å². The summed E-state index contributed by atoms with van der Waals surface area (Å²) in [7, 11) is -8.60. The zero-order chi connectivity index (χ0) is 13.6. The van der Waals surface area contributed by atoms with E-state index in [1.807, 2.05) is 0 Å². The van der Waals surface area contributed by atoms with Crippen LogP contribution >= 0.6 is 0 Å². The minimum atomic E-state index is -4.30. The van der Waals surface area contributed by atoms with Crippen molar-refractivity contribution < 1.29 is 25.9 Å². The Kier molecular flexibility index (Phi) is 8.78. The summed E-state index contributed by atoms with van der Waals surface area (Å²) >= 11 is 0. The summed E-state index contributed by atoms with van der Waals surface area (Å²) in [5, 5.41) is 0.857. The third kappa shape index (κ3) is 5.46. The first-order chi connectivity index (χ1) is 8.18. The van der Waals surface area contributed by atoms with Gasteiger partial charge in [0.25, 0.3) is 20.2 Å². The third-order valence-electron chi connectivity index (χ3n) is 2.38. The van der Waals surface area contributed by atoms with E-state index in [-0.39, 0.29) is 113 Å². The topological polar surface area (TPSA) is 109 Å². The summed E-state index contributed by atoms with van der Waals surface area (Å²) in [4.78, 5) is -0.566. The van der Waals surface area contributed by atoms with E-state index in [9.17, 15) is 16.8 Å². The first-order valence-electron chi connectivity index (χ1n) is 4.67. The van der Waals surface area contributed by atoms with Crippen LogP contribution in [0.4, 0.5) is 0 Å². The molecule has 6 nitrogen and oxygen atoms in total. The van der Waals surface area contributed by atoms with Crippen molar-refractivity contribution in [2.24, 2.45) is 0 Å². The molecule has 2 aromatic rings. The predicted octanol–water partition coefficient (Wildman–Crippen LogP) is 0.0362. The van der Waals surface area contributed by atoms with Gasteiger partial charge in [0.05, 0.1) is 9.79 Å². The van der Waals surface area contributed by atoms with Crippen molar-refractivity contribution in [2.45, 2.75) is 9.79 Å². The standard InChI is InChI=1S/C10H8O6S2.2K.2H/c11-17(12,13)9-3-1-7-5-10(18(14,15)16)4-2-8(7)6-9;;;;/h1-6H,(H,11,12,13)(H,14,15,16);;;;. The maximum absolute atomic E-state index is 10.9. The van der Waals surface area contributed by atoms with Gasteiger partial charge in [-0.3, -0.25) is 9.11 Å². The molecule has 2 N–H and O–H groups in total.